The Morgan fingerprint density at radius 2 is 2.33 bits per heavy atom. The topological polar surface area (TPSA) is 63.3 Å². The first-order chi connectivity index (χ1) is 4.24. The summed E-state index contributed by atoms with van der Waals surface area (Å²) in [6.45, 7) is 0.651. The number of rotatable bonds is 3. The van der Waals surface area contributed by atoms with Gasteiger partial charge in [-0.15, -0.1) is 0 Å². The van der Waals surface area contributed by atoms with Crippen LogP contribution in [0.1, 0.15) is 12.8 Å². The molecule has 1 fully saturated rings. The van der Waals surface area contributed by atoms with Crippen LogP contribution in [0.2, 0.25) is 0 Å². The Balaban J connectivity index is 2.12. The molecule has 52 valence electrons. The minimum absolute atomic E-state index is 0.307. The molecule has 0 amide bonds. The van der Waals surface area contributed by atoms with Crippen molar-refractivity contribution < 1.29 is 9.90 Å². The largest absolute Gasteiger partial charge is 0.481 e. The van der Waals surface area contributed by atoms with E-state index in [-0.39, 0.29) is 0 Å². The molecule has 9 heavy (non-hydrogen) atoms. The van der Waals surface area contributed by atoms with Crippen molar-refractivity contribution in [2.24, 2.45) is 17.6 Å². The molecule has 0 aromatic rings. The lowest BCUT2D eigenvalue weighted by atomic mass is 10.2. The Labute approximate surface area is 53.9 Å². The van der Waals surface area contributed by atoms with Crippen LogP contribution in [0.5, 0.6) is 0 Å². The van der Waals surface area contributed by atoms with Crippen LogP contribution in [-0.4, -0.2) is 17.6 Å². The molecule has 1 rings (SSSR count). The maximum atomic E-state index is 10.1. The number of aliphatic carboxylic acids is 1. The van der Waals surface area contributed by atoms with Crippen molar-refractivity contribution >= 4 is 5.97 Å². The van der Waals surface area contributed by atoms with Crippen molar-refractivity contribution in [3.05, 3.63) is 0 Å². The van der Waals surface area contributed by atoms with Gasteiger partial charge < -0.3 is 10.8 Å². The molecule has 0 aromatic carbocycles. The highest BCUT2D eigenvalue weighted by Crippen LogP contribution is 2.39. The molecular weight excluding hydrogens is 118 g/mol. The summed E-state index contributed by atoms with van der Waals surface area (Å²) in [6.07, 6.45) is 1.32. The molecule has 3 N–H and O–H groups in total. The maximum absolute atomic E-state index is 10.1. The van der Waals surface area contributed by atoms with E-state index in [1.807, 2.05) is 0 Å². The fourth-order valence-corrected chi connectivity index (χ4v) is 1.07. The highest BCUT2D eigenvalue weighted by atomic mass is 16.4. The smallest absolute Gasteiger partial charge is 0.303 e. The van der Waals surface area contributed by atoms with Crippen molar-refractivity contribution in [3.8, 4) is 0 Å². The molecule has 0 radical (unpaired) electrons. The Bertz CT molecular complexity index is 124. The van der Waals surface area contributed by atoms with Crippen LogP contribution < -0.4 is 5.73 Å². The van der Waals surface area contributed by atoms with Gasteiger partial charge in [-0.05, 0) is 24.8 Å². The molecule has 2 atom stereocenters. The van der Waals surface area contributed by atoms with Gasteiger partial charge in [0.2, 0.25) is 0 Å². The third-order valence-electron chi connectivity index (χ3n) is 1.81. The quantitative estimate of drug-likeness (QED) is 0.566. The number of hydrogen-bond donors (Lipinski definition) is 2. The molecule has 0 spiro atoms. The van der Waals surface area contributed by atoms with Gasteiger partial charge in [-0.25, -0.2) is 0 Å². The third kappa shape index (κ3) is 1.68. The molecule has 1 aliphatic carbocycles. The SMILES string of the molecule is NCC1CC1CC(=O)O. The van der Waals surface area contributed by atoms with Crippen molar-refractivity contribution in [2.75, 3.05) is 6.54 Å². The maximum Gasteiger partial charge on any atom is 0.303 e. The molecule has 1 saturated carbocycles. The Morgan fingerprint density at radius 3 is 2.67 bits per heavy atom. The van der Waals surface area contributed by atoms with E-state index in [0.29, 0.717) is 24.8 Å². The minimum Gasteiger partial charge on any atom is -0.481 e. The van der Waals surface area contributed by atoms with E-state index >= 15 is 0 Å². The van der Waals surface area contributed by atoms with E-state index in [2.05, 4.69) is 0 Å². The van der Waals surface area contributed by atoms with Crippen LogP contribution in [0.3, 0.4) is 0 Å². The van der Waals surface area contributed by atoms with Gasteiger partial charge in [0, 0.05) is 6.42 Å². The predicted molar refractivity (Wildman–Crippen MR) is 32.9 cm³/mol. The van der Waals surface area contributed by atoms with Crippen LogP contribution >= 0.6 is 0 Å². The third-order valence-corrected chi connectivity index (χ3v) is 1.81. The molecule has 0 bridgehead atoms. The minimum atomic E-state index is -0.698. The van der Waals surface area contributed by atoms with Crippen molar-refractivity contribution in [1.29, 1.82) is 0 Å². The molecule has 1 aliphatic rings. The number of nitrogens with two attached hydrogens (primary N) is 1. The van der Waals surface area contributed by atoms with E-state index in [9.17, 15) is 4.79 Å². The lowest BCUT2D eigenvalue weighted by Gasteiger charge is -1.89. The second-order valence-corrected chi connectivity index (χ2v) is 2.59. The van der Waals surface area contributed by atoms with Gasteiger partial charge in [-0.1, -0.05) is 0 Å². The second-order valence-electron chi connectivity index (χ2n) is 2.59. The zero-order chi connectivity index (χ0) is 6.85. The van der Waals surface area contributed by atoms with Crippen molar-refractivity contribution in [2.45, 2.75) is 12.8 Å². The molecule has 3 heteroatoms. The summed E-state index contributed by atoms with van der Waals surface area (Å²) in [5.74, 6) is 0.185. The van der Waals surface area contributed by atoms with Gasteiger partial charge in [-0.3, -0.25) is 4.79 Å². The summed E-state index contributed by atoms with van der Waals surface area (Å²) >= 11 is 0. The first-order valence-electron chi connectivity index (χ1n) is 3.16. The summed E-state index contributed by atoms with van der Waals surface area (Å²) in [5, 5.41) is 8.30. The highest BCUT2D eigenvalue weighted by molar-refractivity contribution is 5.67. The second kappa shape index (κ2) is 2.35. The van der Waals surface area contributed by atoms with Crippen molar-refractivity contribution in [1.82, 2.24) is 0 Å². The van der Waals surface area contributed by atoms with Crippen LogP contribution in [-0.2, 0) is 4.79 Å². The van der Waals surface area contributed by atoms with E-state index in [1.54, 1.807) is 0 Å². The summed E-state index contributed by atoms with van der Waals surface area (Å²) in [4.78, 5) is 10.1. The van der Waals surface area contributed by atoms with Crippen LogP contribution in [0.15, 0.2) is 0 Å². The lowest BCUT2D eigenvalue weighted by molar-refractivity contribution is -0.137. The van der Waals surface area contributed by atoms with Gasteiger partial charge in [0.05, 0.1) is 0 Å². The lowest BCUT2D eigenvalue weighted by Crippen LogP contribution is -2.04. The highest BCUT2D eigenvalue weighted by Gasteiger charge is 2.36. The monoisotopic (exact) mass is 129 g/mol. The molecule has 0 aliphatic heterocycles. The normalized spacial score (nSPS) is 32.1. The van der Waals surface area contributed by atoms with E-state index in [4.69, 9.17) is 10.8 Å². The predicted octanol–water partition coefficient (Wildman–Crippen LogP) is 0.0559. The Hall–Kier alpha value is -0.570. The number of carboxylic acid groups (broad SMARTS) is 1. The zero-order valence-electron chi connectivity index (χ0n) is 5.21. The molecule has 2 unspecified atom stereocenters. The molecule has 0 heterocycles. The van der Waals surface area contributed by atoms with Crippen molar-refractivity contribution in [3.63, 3.8) is 0 Å². The standard InChI is InChI=1S/C6H11NO2/c7-3-5-1-4(5)2-6(8)9/h4-5H,1-3,7H2,(H,8,9). The van der Waals surface area contributed by atoms with E-state index < -0.39 is 5.97 Å². The number of hydrogen-bond acceptors (Lipinski definition) is 2. The van der Waals surface area contributed by atoms with Crippen LogP contribution in [0, 0.1) is 11.8 Å². The van der Waals surface area contributed by atoms with Gasteiger partial charge >= 0.3 is 5.97 Å². The first-order valence-corrected chi connectivity index (χ1v) is 3.16. The summed E-state index contributed by atoms with van der Waals surface area (Å²) in [5.41, 5.74) is 5.31. The molecule has 3 nitrogen and oxygen atoms in total. The van der Waals surface area contributed by atoms with Gasteiger partial charge in [0.1, 0.15) is 0 Å². The van der Waals surface area contributed by atoms with E-state index in [1.165, 1.54) is 0 Å². The van der Waals surface area contributed by atoms with Gasteiger partial charge in [0.15, 0.2) is 0 Å². The van der Waals surface area contributed by atoms with Crippen LogP contribution in [0.25, 0.3) is 0 Å². The molecular formula is C6H11NO2. The fraction of sp³-hybridized carbons (Fsp3) is 0.833. The summed E-state index contributed by atoms with van der Waals surface area (Å²) < 4.78 is 0. The molecule has 0 saturated heterocycles. The average Bonchev–Trinajstić information content (AvgIpc) is 2.45. The molecule has 0 aromatic heterocycles. The number of carbonyl (C=O) groups is 1. The number of carboxylic acids is 1. The van der Waals surface area contributed by atoms with Gasteiger partial charge in [0.25, 0.3) is 0 Å². The summed E-state index contributed by atoms with van der Waals surface area (Å²) in [7, 11) is 0. The van der Waals surface area contributed by atoms with Gasteiger partial charge in [-0.2, -0.15) is 0 Å². The zero-order valence-corrected chi connectivity index (χ0v) is 5.21. The average molecular weight is 129 g/mol. The fourth-order valence-electron chi connectivity index (χ4n) is 1.07. The van der Waals surface area contributed by atoms with Crippen LogP contribution in [0.4, 0.5) is 0 Å². The summed E-state index contributed by atoms with van der Waals surface area (Å²) in [6, 6.07) is 0. The van der Waals surface area contributed by atoms with E-state index in [0.717, 1.165) is 6.42 Å². The Kier molecular flexibility index (Phi) is 1.71. The first kappa shape index (κ1) is 6.55. The Morgan fingerprint density at radius 1 is 1.67 bits per heavy atom.